The second kappa shape index (κ2) is 6.96. The molecule has 0 aliphatic carbocycles. The average molecular weight is 322 g/mol. The fourth-order valence-electron chi connectivity index (χ4n) is 1.75. The molecule has 120 valence electrons. The van der Waals surface area contributed by atoms with Crippen LogP contribution in [-0.4, -0.2) is 35.9 Å². The van der Waals surface area contributed by atoms with E-state index in [0.717, 1.165) is 24.3 Å². The normalized spacial score (nSPS) is 14.0. The molecule has 0 saturated carbocycles. The quantitative estimate of drug-likeness (QED) is 0.371. The van der Waals surface area contributed by atoms with Crippen molar-refractivity contribution in [2.75, 3.05) is 6.54 Å². The van der Waals surface area contributed by atoms with Gasteiger partial charge in [-0.05, 0) is 17.7 Å². The van der Waals surface area contributed by atoms with Gasteiger partial charge in [0.15, 0.2) is 0 Å². The Hall–Kier alpha value is -2.52. The molecule has 1 rings (SSSR count). The minimum absolute atomic E-state index is 0.0470. The smallest absolute Gasteiger partial charge is 0.338 e. The summed E-state index contributed by atoms with van der Waals surface area (Å²) in [7, 11) is 0. The molecular formula is C12H10F4N2O4. The van der Waals surface area contributed by atoms with Crippen molar-refractivity contribution in [3.05, 3.63) is 45.8 Å². The van der Waals surface area contributed by atoms with E-state index < -0.39 is 41.3 Å². The lowest BCUT2D eigenvalue weighted by atomic mass is 9.92. The lowest BCUT2D eigenvalue weighted by Gasteiger charge is -2.21. The van der Waals surface area contributed by atoms with Crippen molar-refractivity contribution in [2.24, 2.45) is 0 Å². The Bertz CT molecular complexity index is 559. The second-order valence-corrected chi connectivity index (χ2v) is 4.31. The Morgan fingerprint density at radius 1 is 1.32 bits per heavy atom. The second-order valence-electron chi connectivity index (χ2n) is 4.31. The molecule has 0 fully saturated rings. The molecule has 0 saturated heterocycles. The zero-order valence-corrected chi connectivity index (χ0v) is 10.8. The van der Waals surface area contributed by atoms with Crippen molar-refractivity contribution in [3.8, 4) is 0 Å². The van der Waals surface area contributed by atoms with Crippen LogP contribution in [0, 0.1) is 15.9 Å². The number of nitro groups is 1. The van der Waals surface area contributed by atoms with Crippen LogP contribution in [0.5, 0.6) is 0 Å². The Labute approximate surface area is 121 Å². The number of amides is 1. The minimum Gasteiger partial charge on any atom is -0.338 e. The van der Waals surface area contributed by atoms with Gasteiger partial charge < -0.3 is 10.1 Å². The van der Waals surface area contributed by atoms with E-state index in [2.05, 4.69) is 0 Å². The molecule has 0 unspecified atom stereocenters. The van der Waals surface area contributed by atoms with Crippen molar-refractivity contribution in [1.82, 2.24) is 5.32 Å². The van der Waals surface area contributed by atoms with Gasteiger partial charge in [0.25, 0.3) is 0 Å². The largest absolute Gasteiger partial charge is 0.471 e. The average Bonchev–Trinajstić information content (AvgIpc) is 2.39. The molecule has 0 spiro atoms. The summed E-state index contributed by atoms with van der Waals surface area (Å²) in [5, 5.41) is 12.0. The van der Waals surface area contributed by atoms with Crippen molar-refractivity contribution in [3.63, 3.8) is 0 Å². The van der Waals surface area contributed by atoms with Crippen LogP contribution in [0.4, 0.5) is 17.6 Å². The number of nitrogens with one attached hydrogen (secondary N) is 1. The molecule has 1 N–H and O–H groups in total. The summed E-state index contributed by atoms with van der Waals surface area (Å²) in [5.41, 5.74) is 0.0470. The summed E-state index contributed by atoms with van der Waals surface area (Å²) in [4.78, 5) is 31.6. The van der Waals surface area contributed by atoms with Crippen LogP contribution in [0.25, 0.3) is 0 Å². The number of carbonyl (C=O) groups is 2. The number of hydrogen-bond donors (Lipinski definition) is 1. The molecule has 6 nitrogen and oxygen atoms in total. The fourth-order valence-corrected chi connectivity index (χ4v) is 1.75. The molecule has 1 amide bonds. The van der Waals surface area contributed by atoms with Crippen molar-refractivity contribution >= 4 is 12.2 Å². The van der Waals surface area contributed by atoms with Gasteiger partial charge in [0.2, 0.25) is 6.54 Å². The minimum atomic E-state index is -5.24. The Kier molecular flexibility index (Phi) is 5.55. The Morgan fingerprint density at radius 2 is 1.86 bits per heavy atom. The predicted molar refractivity (Wildman–Crippen MR) is 65.1 cm³/mol. The molecule has 0 aliphatic rings. The van der Waals surface area contributed by atoms with E-state index in [1.54, 1.807) is 0 Å². The Morgan fingerprint density at radius 3 is 2.27 bits per heavy atom. The molecule has 1 aromatic carbocycles. The third kappa shape index (κ3) is 4.79. The highest BCUT2D eigenvalue weighted by atomic mass is 19.4. The van der Waals surface area contributed by atoms with E-state index in [0.29, 0.717) is 0 Å². The molecule has 22 heavy (non-hydrogen) atoms. The fraction of sp³-hybridized carbons (Fsp3) is 0.333. The zero-order chi connectivity index (χ0) is 16.9. The Balaban J connectivity index is 3.06. The maximum Gasteiger partial charge on any atom is 0.471 e. The van der Waals surface area contributed by atoms with E-state index in [9.17, 15) is 37.3 Å². The number of aldehydes is 1. The van der Waals surface area contributed by atoms with E-state index in [-0.39, 0.29) is 11.8 Å². The predicted octanol–water partition coefficient (Wildman–Crippen LogP) is 1.43. The molecule has 1 aromatic rings. The highest BCUT2D eigenvalue weighted by Gasteiger charge is 2.42. The first-order valence-electron chi connectivity index (χ1n) is 5.85. The third-order valence-electron chi connectivity index (χ3n) is 2.75. The van der Waals surface area contributed by atoms with E-state index in [4.69, 9.17) is 0 Å². The van der Waals surface area contributed by atoms with Gasteiger partial charge in [-0.25, -0.2) is 4.39 Å². The van der Waals surface area contributed by atoms with Crippen LogP contribution in [-0.2, 0) is 9.59 Å². The number of hydrogen-bond acceptors (Lipinski definition) is 4. The van der Waals surface area contributed by atoms with E-state index >= 15 is 0 Å². The van der Waals surface area contributed by atoms with Crippen LogP contribution < -0.4 is 5.32 Å². The molecule has 0 heterocycles. The summed E-state index contributed by atoms with van der Waals surface area (Å²) >= 11 is 0. The summed E-state index contributed by atoms with van der Waals surface area (Å²) < 4.78 is 49.6. The van der Waals surface area contributed by atoms with Gasteiger partial charge in [0.05, 0.1) is 5.92 Å². The first kappa shape index (κ1) is 17.5. The van der Waals surface area contributed by atoms with Crippen LogP contribution in [0.2, 0.25) is 0 Å². The molecule has 10 heteroatoms. The van der Waals surface area contributed by atoms with Gasteiger partial charge in [-0.15, -0.1) is 0 Å². The van der Waals surface area contributed by atoms with E-state index in [1.165, 1.54) is 5.32 Å². The van der Waals surface area contributed by atoms with Crippen molar-refractivity contribution in [1.29, 1.82) is 0 Å². The SMILES string of the molecule is O=C[C@@H](c1ccc(F)cc1)[C@@H](C[N+](=O)[O-])NC(=O)C(F)(F)F. The van der Waals surface area contributed by atoms with E-state index in [1.807, 2.05) is 0 Å². The molecule has 0 aromatic heterocycles. The monoisotopic (exact) mass is 322 g/mol. The molecule has 0 aliphatic heterocycles. The standard InChI is InChI=1S/C12H10F4N2O4/c13-8-3-1-7(2-4-8)9(6-19)10(5-18(21)22)17-11(20)12(14,15)16/h1-4,6,9-10H,5H2,(H,17,20)/t9-,10+/m0/s1. The maximum absolute atomic E-state index is 12.8. The van der Waals surface area contributed by atoms with Gasteiger partial charge in [-0.2, -0.15) is 13.2 Å². The highest BCUT2D eigenvalue weighted by Crippen LogP contribution is 2.21. The number of rotatable bonds is 6. The first-order chi connectivity index (χ1) is 10.1. The molecule has 0 bridgehead atoms. The van der Waals surface area contributed by atoms with Crippen molar-refractivity contribution in [2.45, 2.75) is 18.1 Å². The lowest BCUT2D eigenvalue weighted by Crippen LogP contribution is -2.49. The van der Waals surface area contributed by atoms with Crippen LogP contribution in [0.1, 0.15) is 11.5 Å². The van der Waals surface area contributed by atoms with Gasteiger partial charge in [-0.1, -0.05) is 12.1 Å². The van der Waals surface area contributed by atoms with Gasteiger partial charge in [0, 0.05) is 4.92 Å². The highest BCUT2D eigenvalue weighted by molar-refractivity contribution is 5.82. The molecule has 2 atom stereocenters. The molecular weight excluding hydrogens is 312 g/mol. The van der Waals surface area contributed by atoms with Gasteiger partial charge in [0.1, 0.15) is 18.1 Å². The zero-order valence-electron chi connectivity index (χ0n) is 10.8. The molecule has 0 radical (unpaired) electrons. The third-order valence-corrected chi connectivity index (χ3v) is 2.75. The van der Waals surface area contributed by atoms with Gasteiger partial charge >= 0.3 is 12.1 Å². The summed E-state index contributed by atoms with van der Waals surface area (Å²) in [6, 6.07) is 2.37. The number of halogens is 4. The number of carbonyl (C=O) groups excluding carboxylic acids is 2. The van der Waals surface area contributed by atoms with Gasteiger partial charge in [-0.3, -0.25) is 14.9 Å². The first-order valence-corrected chi connectivity index (χ1v) is 5.85. The lowest BCUT2D eigenvalue weighted by molar-refractivity contribution is -0.483. The van der Waals surface area contributed by atoms with Crippen molar-refractivity contribution < 1.29 is 32.1 Å². The van der Waals surface area contributed by atoms with Crippen LogP contribution >= 0.6 is 0 Å². The summed E-state index contributed by atoms with van der Waals surface area (Å²) in [6.07, 6.45) is -5.08. The summed E-state index contributed by atoms with van der Waals surface area (Å²) in [5.74, 6) is -4.47. The maximum atomic E-state index is 12.8. The van der Waals surface area contributed by atoms with Crippen LogP contribution in [0.3, 0.4) is 0 Å². The topological polar surface area (TPSA) is 89.3 Å². The number of alkyl halides is 3. The number of benzene rings is 1. The number of nitrogens with zero attached hydrogens (tertiary/aromatic N) is 1. The van der Waals surface area contributed by atoms with Crippen LogP contribution in [0.15, 0.2) is 24.3 Å². The summed E-state index contributed by atoms with van der Waals surface area (Å²) in [6.45, 7) is -1.09.